The zero-order valence-electron chi connectivity index (χ0n) is 10.4. The van der Waals surface area contributed by atoms with Crippen LogP contribution in [-0.2, 0) is 9.53 Å². The van der Waals surface area contributed by atoms with Gasteiger partial charge in [0.05, 0.1) is 0 Å². The van der Waals surface area contributed by atoms with E-state index in [0.29, 0.717) is 6.42 Å². The van der Waals surface area contributed by atoms with Gasteiger partial charge in [-0.3, -0.25) is 0 Å². The third-order valence-corrected chi connectivity index (χ3v) is 4.50. The van der Waals surface area contributed by atoms with E-state index in [0.717, 1.165) is 0 Å². The Kier molecular flexibility index (Phi) is 2.54. The van der Waals surface area contributed by atoms with Crippen LogP contribution in [0.2, 0.25) is 0 Å². The average Bonchev–Trinajstić information content (AvgIpc) is 2.33. The van der Waals surface area contributed by atoms with Gasteiger partial charge in [-0.15, -0.1) is 0 Å². The Labute approximate surface area is 109 Å². The second kappa shape index (κ2) is 3.81. The molecule has 0 aromatic carbocycles. The first-order valence-electron chi connectivity index (χ1n) is 6.24. The number of rotatable bonds is 0. The molecule has 2 heterocycles. The molecule has 1 saturated carbocycles. The van der Waals surface area contributed by atoms with Crippen LogP contribution in [-0.4, -0.2) is 57.3 Å². The number of ether oxygens (including phenoxy) is 1. The maximum absolute atomic E-state index is 11.8. The molecular formula is C11H17N3O5. The lowest BCUT2D eigenvalue weighted by atomic mass is 9.61. The Bertz CT molecular complexity index is 456. The van der Waals surface area contributed by atoms with Crippen LogP contribution in [0.25, 0.3) is 0 Å². The summed E-state index contributed by atoms with van der Waals surface area (Å²) >= 11 is 0. The van der Waals surface area contributed by atoms with Crippen LogP contribution in [0.1, 0.15) is 13.3 Å². The van der Waals surface area contributed by atoms with Gasteiger partial charge in [0.15, 0.2) is 18.3 Å². The van der Waals surface area contributed by atoms with Crippen molar-refractivity contribution >= 4 is 11.9 Å². The Hall–Kier alpha value is -1.38. The van der Waals surface area contributed by atoms with Gasteiger partial charge in [0.2, 0.25) is 0 Å². The molecule has 3 aliphatic rings. The van der Waals surface area contributed by atoms with E-state index in [-0.39, 0.29) is 11.9 Å². The van der Waals surface area contributed by atoms with Crippen molar-refractivity contribution in [3.63, 3.8) is 0 Å². The highest BCUT2D eigenvalue weighted by atomic mass is 16.6. The number of nitrogens with zero attached hydrogens (tertiary/aromatic N) is 1. The molecule has 106 valence electrons. The molecule has 6 N–H and O–H groups in total. The van der Waals surface area contributed by atoms with E-state index in [1.807, 2.05) is 6.92 Å². The molecule has 3 rings (SSSR count). The number of nitrogens with two attached hydrogens (primary N) is 1. The Morgan fingerprint density at radius 3 is 2.84 bits per heavy atom. The first-order valence-corrected chi connectivity index (χ1v) is 6.24. The lowest BCUT2D eigenvalue weighted by molar-refractivity contribution is -0.235. The maximum Gasteiger partial charge on any atom is 0.337 e. The van der Waals surface area contributed by atoms with Crippen LogP contribution in [0.15, 0.2) is 4.99 Å². The quantitative estimate of drug-likeness (QED) is 0.301. The zero-order chi connectivity index (χ0) is 13.9. The Morgan fingerprint density at radius 2 is 2.16 bits per heavy atom. The van der Waals surface area contributed by atoms with E-state index < -0.39 is 42.0 Å². The minimum atomic E-state index is -1.60. The summed E-state index contributed by atoms with van der Waals surface area (Å²) in [6.45, 7) is 1.82. The van der Waals surface area contributed by atoms with E-state index in [9.17, 15) is 20.1 Å². The molecule has 0 aromatic rings. The third kappa shape index (κ3) is 1.44. The summed E-state index contributed by atoms with van der Waals surface area (Å²) in [5.74, 6) is -1.68. The third-order valence-electron chi connectivity index (χ3n) is 4.50. The molecule has 0 amide bonds. The number of aliphatic hydroxyl groups excluding tert-OH is 3. The van der Waals surface area contributed by atoms with Crippen molar-refractivity contribution in [2.24, 2.45) is 22.6 Å². The van der Waals surface area contributed by atoms with Gasteiger partial charge < -0.3 is 31.1 Å². The van der Waals surface area contributed by atoms with Gasteiger partial charge in [0.1, 0.15) is 17.7 Å². The molecule has 0 radical (unpaired) electrons. The van der Waals surface area contributed by atoms with Crippen molar-refractivity contribution in [2.45, 2.75) is 43.4 Å². The van der Waals surface area contributed by atoms with E-state index in [1.165, 1.54) is 0 Å². The Balaban J connectivity index is 2.13. The molecule has 6 unspecified atom stereocenters. The molecule has 1 aliphatic carbocycles. The monoisotopic (exact) mass is 271 g/mol. The fraction of sp³-hybridized carbons (Fsp3) is 0.818. The van der Waals surface area contributed by atoms with Crippen molar-refractivity contribution in [1.82, 2.24) is 5.32 Å². The van der Waals surface area contributed by atoms with Crippen LogP contribution in [0.4, 0.5) is 0 Å². The first-order chi connectivity index (χ1) is 8.87. The largest absolute Gasteiger partial charge is 0.457 e. The van der Waals surface area contributed by atoms with Crippen molar-refractivity contribution < 1.29 is 24.9 Å². The standard InChI is InChI=1S/C11H17N3O5/c1-3-2-4-8(17)13-10(12)14-11(4)6(15)5(3)19-9(18)7(11)16/h3-8,15-17H,2H2,1H3,(H3,12,13,14)/t3?,4?,5?,6?,7-,8?,11?/m1/s1. The number of nitrogens with one attached hydrogen (secondary N) is 1. The number of aliphatic hydroxyl groups is 3. The SMILES string of the molecule is CC1CC2C(O)N=C(N)NC23C(O)C1OC(=O)[C@H]3O. The number of hydrogen-bond acceptors (Lipinski definition) is 8. The lowest BCUT2D eigenvalue weighted by Gasteiger charge is -2.58. The molecule has 8 heteroatoms. The van der Waals surface area contributed by atoms with Gasteiger partial charge in [0.25, 0.3) is 0 Å². The molecule has 8 nitrogen and oxygen atoms in total. The molecular weight excluding hydrogens is 254 g/mol. The average molecular weight is 271 g/mol. The number of carbonyl (C=O) groups is 1. The smallest absolute Gasteiger partial charge is 0.337 e. The van der Waals surface area contributed by atoms with Crippen molar-refractivity contribution in [1.29, 1.82) is 0 Å². The van der Waals surface area contributed by atoms with Gasteiger partial charge in [-0.1, -0.05) is 6.92 Å². The van der Waals surface area contributed by atoms with Gasteiger partial charge in [-0.25, -0.2) is 9.79 Å². The predicted molar refractivity (Wildman–Crippen MR) is 62.7 cm³/mol. The van der Waals surface area contributed by atoms with Gasteiger partial charge in [-0.2, -0.15) is 0 Å². The lowest BCUT2D eigenvalue weighted by Crippen LogP contribution is -2.81. The maximum atomic E-state index is 11.8. The summed E-state index contributed by atoms with van der Waals surface area (Å²) in [4.78, 5) is 15.6. The second-order valence-corrected chi connectivity index (χ2v) is 5.55. The molecule has 2 aliphatic heterocycles. The molecule has 19 heavy (non-hydrogen) atoms. The summed E-state index contributed by atoms with van der Waals surface area (Å²) in [6.07, 6.45) is -4.19. The van der Waals surface area contributed by atoms with Gasteiger partial charge in [-0.05, 0) is 12.3 Å². The number of hydrogen-bond donors (Lipinski definition) is 5. The van der Waals surface area contributed by atoms with Crippen LogP contribution >= 0.6 is 0 Å². The minimum Gasteiger partial charge on any atom is -0.457 e. The predicted octanol–water partition coefficient (Wildman–Crippen LogP) is -2.74. The van der Waals surface area contributed by atoms with Crippen molar-refractivity contribution in [3.05, 3.63) is 0 Å². The van der Waals surface area contributed by atoms with Crippen molar-refractivity contribution in [2.75, 3.05) is 0 Å². The molecule has 2 fully saturated rings. The summed E-state index contributed by atoms with van der Waals surface area (Å²) in [7, 11) is 0. The molecule has 2 bridgehead atoms. The van der Waals surface area contributed by atoms with Crippen molar-refractivity contribution in [3.8, 4) is 0 Å². The zero-order valence-corrected chi connectivity index (χ0v) is 10.4. The first kappa shape index (κ1) is 12.6. The minimum absolute atomic E-state index is 0.107. The summed E-state index contributed by atoms with van der Waals surface area (Å²) in [5, 5.41) is 33.3. The topological polar surface area (TPSA) is 137 Å². The molecule has 1 spiro atoms. The van der Waals surface area contributed by atoms with E-state index in [2.05, 4.69) is 10.3 Å². The fourth-order valence-corrected chi connectivity index (χ4v) is 3.56. The highest BCUT2D eigenvalue weighted by Crippen LogP contribution is 2.47. The summed E-state index contributed by atoms with van der Waals surface area (Å²) in [5.41, 5.74) is 4.14. The Morgan fingerprint density at radius 1 is 1.47 bits per heavy atom. The number of aliphatic imine (C=N–C) groups is 1. The number of fused-ring (bicyclic) bond motifs is 1. The van der Waals surface area contributed by atoms with E-state index in [4.69, 9.17) is 10.5 Å². The van der Waals surface area contributed by atoms with E-state index in [1.54, 1.807) is 0 Å². The summed E-state index contributed by atoms with van der Waals surface area (Å²) in [6, 6.07) is 0. The van der Waals surface area contributed by atoms with Gasteiger partial charge in [0, 0.05) is 5.92 Å². The number of esters is 1. The van der Waals surface area contributed by atoms with Crippen LogP contribution < -0.4 is 11.1 Å². The normalized spacial score (nSPS) is 52.6. The fourth-order valence-electron chi connectivity index (χ4n) is 3.56. The second-order valence-electron chi connectivity index (χ2n) is 5.55. The molecule has 1 saturated heterocycles. The highest BCUT2D eigenvalue weighted by molar-refractivity contribution is 5.84. The molecule has 7 atom stereocenters. The number of carbonyl (C=O) groups excluding carboxylic acids is 1. The number of guanidine groups is 1. The highest BCUT2D eigenvalue weighted by Gasteiger charge is 2.67. The van der Waals surface area contributed by atoms with E-state index >= 15 is 0 Å². The summed E-state index contributed by atoms with van der Waals surface area (Å²) < 4.78 is 5.07. The van der Waals surface area contributed by atoms with Crippen LogP contribution in [0.5, 0.6) is 0 Å². The van der Waals surface area contributed by atoms with Gasteiger partial charge >= 0.3 is 5.97 Å². The van der Waals surface area contributed by atoms with Crippen LogP contribution in [0.3, 0.4) is 0 Å². The molecule has 0 aromatic heterocycles. The van der Waals surface area contributed by atoms with Crippen LogP contribution in [0, 0.1) is 11.8 Å².